The molecule has 0 aliphatic heterocycles. The molecular formula is C16H22N2. The third kappa shape index (κ3) is 3.00. The van der Waals surface area contributed by atoms with E-state index in [9.17, 15) is 0 Å². The van der Waals surface area contributed by atoms with E-state index >= 15 is 0 Å². The predicted octanol–water partition coefficient (Wildman–Crippen LogP) is 3.78. The van der Waals surface area contributed by atoms with E-state index in [0.717, 1.165) is 24.1 Å². The molecule has 2 nitrogen and oxygen atoms in total. The van der Waals surface area contributed by atoms with Crippen LogP contribution in [0.15, 0.2) is 40.9 Å². The van der Waals surface area contributed by atoms with Crippen molar-refractivity contribution in [2.75, 3.05) is 0 Å². The van der Waals surface area contributed by atoms with Crippen LogP contribution in [0.4, 0.5) is 0 Å². The molecule has 1 aromatic carbocycles. The molecule has 0 atom stereocenters. The molecule has 0 saturated heterocycles. The zero-order chi connectivity index (χ0) is 13.0. The van der Waals surface area contributed by atoms with Crippen molar-refractivity contribution in [2.24, 2.45) is 10.7 Å². The molecule has 2 N–H and O–H groups in total. The third-order valence-corrected chi connectivity index (χ3v) is 3.26. The van der Waals surface area contributed by atoms with Crippen molar-refractivity contribution >= 4 is 11.4 Å². The summed E-state index contributed by atoms with van der Waals surface area (Å²) in [6.45, 7) is 4.25. The first kappa shape index (κ1) is 12.9. The second-order valence-electron chi connectivity index (χ2n) is 5.13. The molecule has 0 radical (unpaired) electrons. The van der Waals surface area contributed by atoms with Crippen molar-refractivity contribution in [3.63, 3.8) is 0 Å². The number of allylic oxidation sites excluding steroid dienone is 1. The van der Waals surface area contributed by atoms with Crippen molar-refractivity contribution in [3.8, 4) is 0 Å². The van der Waals surface area contributed by atoms with Gasteiger partial charge >= 0.3 is 0 Å². The molecular weight excluding hydrogens is 220 g/mol. The van der Waals surface area contributed by atoms with Crippen molar-refractivity contribution in [2.45, 2.75) is 45.6 Å². The first-order valence-corrected chi connectivity index (χ1v) is 6.79. The molecule has 0 aromatic heterocycles. The normalized spacial score (nSPS) is 21.4. The van der Waals surface area contributed by atoms with E-state index in [1.165, 1.54) is 24.1 Å². The van der Waals surface area contributed by atoms with Gasteiger partial charge in [-0.2, -0.15) is 0 Å². The fraction of sp³-hybridized carbons (Fsp3) is 0.438. The Morgan fingerprint density at radius 1 is 1.11 bits per heavy atom. The lowest BCUT2D eigenvalue weighted by Crippen LogP contribution is -2.16. The van der Waals surface area contributed by atoms with Crippen LogP contribution in [0, 0.1) is 0 Å². The Hall–Kier alpha value is -1.57. The van der Waals surface area contributed by atoms with Crippen molar-refractivity contribution in [1.82, 2.24) is 0 Å². The van der Waals surface area contributed by atoms with Gasteiger partial charge in [0, 0.05) is 17.5 Å². The van der Waals surface area contributed by atoms with Gasteiger partial charge in [-0.05, 0) is 50.7 Å². The second-order valence-corrected chi connectivity index (χ2v) is 5.13. The molecule has 0 amide bonds. The van der Waals surface area contributed by atoms with Gasteiger partial charge in [0.15, 0.2) is 0 Å². The van der Waals surface area contributed by atoms with Gasteiger partial charge < -0.3 is 5.73 Å². The zero-order valence-corrected chi connectivity index (χ0v) is 11.3. The van der Waals surface area contributed by atoms with E-state index in [4.69, 9.17) is 10.7 Å². The molecule has 1 aromatic rings. The highest BCUT2D eigenvalue weighted by Gasteiger charge is 2.17. The van der Waals surface area contributed by atoms with E-state index < -0.39 is 0 Å². The zero-order valence-electron chi connectivity index (χ0n) is 11.3. The van der Waals surface area contributed by atoms with E-state index in [-0.39, 0.29) is 0 Å². The standard InChI is InChI=1S/C16H22N2/c1-12(2)18-15-11-7-6-10-14(15)16(17)13-8-4-3-5-9-13/h3-5,8-9,12H,6-7,10-11,17H2,1-2H3. The van der Waals surface area contributed by atoms with Crippen LogP contribution in [0.25, 0.3) is 5.70 Å². The number of nitrogens with two attached hydrogens (primary N) is 1. The molecule has 1 fully saturated rings. The van der Waals surface area contributed by atoms with Gasteiger partial charge in [0.1, 0.15) is 0 Å². The fourth-order valence-electron chi connectivity index (χ4n) is 2.43. The average molecular weight is 242 g/mol. The van der Waals surface area contributed by atoms with E-state index in [0.29, 0.717) is 6.04 Å². The maximum Gasteiger partial charge on any atom is 0.0446 e. The Labute approximate surface area is 110 Å². The van der Waals surface area contributed by atoms with E-state index in [1.54, 1.807) is 0 Å². The Morgan fingerprint density at radius 3 is 2.44 bits per heavy atom. The summed E-state index contributed by atoms with van der Waals surface area (Å²) in [5, 5.41) is 0. The minimum absolute atomic E-state index is 0.344. The first-order valence-electron chi connectivity index (χ1n) is 6.79. The second kappa shape index (κ2) is 5.85. The van der Waals surface area contributed by atoms with Crippen LogP contribution in [-0.2, 0) is 0 Å². The van der Waals surface area contributed by atoms with Gasteiger partial charge in [-0.3, -0.25) is 4.99 Å². The molecule has 0 heterocycles. The first-order chi connectivity index (χ1) is 8.68. The summed E-state index contributed by atoms with van der Waals surface area (Å²) in [6, 6.07) is 10.6. The Bertz CT molecular complexity index is 455. The van der Waals surface area contributed by atoms with Gasteiger partial charge in [0.05, 0.1) is 0 Å². The van der Waals surface area contributed by atoms with Crippen LogP contribution < -0.4 is 5.73 Å². The van der Waals surface area contributed by atoms with Crippen LogP contribution in [0.2, 0.25) is 0 Å². The lowest BCUT2D eigenvalue weighted by atomic mass is 9.89. The van der Waals surface area contributed by atoms with Gasteiger partial charge in [-0.1, -0.05) is 30.3 Å². The Balaban J connectivity index is 2.39. The quantitative estimate of drug-likeness (QED) is 0.842. The van der Waals surface area contributed by atoms with Gasteiger partial charge in [-0.15, -0.1) is 0 Å². The minimum Gasteiger partial charge on any atom is -0.398 e. The van der Waals surface area contributed by atoms with Crippen LogP contribution in [-0.4, -0.2) is 11.8 Å². The van der Waals surface area contributed by atoms with Crippen LogP contribution in [0.3, 0.4) is 0 Å². The summed E-state index contributed by atoms with van der Waals surface area (Å²) in [6.07, 6.45) is 4.59. The Kier molecular flexibility index (Phi) is 4.19. The highest BCUT2D eigenvalue weighted by molar-refractivity contribution is 6.06. The highest BCUT2D eigenvalue weighted by atomic mass is 14.8. The number of rotatable bonds is 2. The number of aliphatic imine (C=N–C) groups is 1. The molecule has 0 bridgehead atoms. The summed E-state index contributed by atoms with van der Waals surface area (Å²) in [4.78, 5) is 4.74. The summed E-state index contributed by atoms with van der Waals surface area (Å²) in [5.74, 6) is 0. The lowest BCUT2D eigenvalue weighted by Gasteiger charge is -2.20. The Morgan fingerprint density at radius 2 is 1.78 bits per heavy atom. The van der Waals surface area contributed by atoms with Crippen molar-refractivity contribution in [3.05, 3.63) is 41.5 Å². The van der Waals surface area contributed by atoms with Crippen molar-refractivity contribution in [1.29, 1.82) is 0 Å². The summed E-state index contributed by atoms with van der Waals surface area (Å²) in [7, 11) is 0. The lowest BCUT2D eigenvalue weighted by molar-refractivity contribution is 0.720. The van der Waals surface area contributed by atoms with Gasteiger partial charge in [0.25, 0.3) is 0 Å². The molecule has 1 saturated carbocycles. The maximum absolute atomic E-state index is 6.33. The maximum atomic E-state index is 6.33. The molecule has 18 heavy (non-hydrogen) atoms. The molecule has 2 rings (SSSR count). The van der Waals surface area contributed by atoms with Crippen molar-refractivity contribution < 1.29 is 0 Å². The number of benzene rings is 1. The highest BCUT2D eigenvalue weighted by Crippen LogP contribution is 2.26. The smallest absolute Gasteiger partial charge is 0.0446 e. The van der Waals surface area contributed by atoms with Gasteiger partial charge in [0.2, 0.25) is 0 Å². The molecule has 1 aliphatic carbocycles. The monoisotopic (exact) mass is 242 g/mol. The molecule has 1 aliphatic rings. The van der Waals surface area contributed by atoms with Crippen LogP contribution >= 0.6 is 0 Å². The summed E-state index contributed by atoms with van der Waals surface area (Å²) >= 11 is 0. The molecule has 0 spiro atoms. The largest absolute Gasteiger partial charge is 0.398 e. The fourth-order valence-corrected chi connectivity index (χ4v) is 2.43. The summed E-state index contributed by atoms with van der Waals surface area (Å²) < 4.78 is 0. The topological polar surface area (TPSA) is 38.4 Å². The average Bonchev–Trinajstić information content (AvgIpc) is 2.39. The van der Waals surface area contributed by atoms with Crippen LogP contribution in [0.5, 0.6) is 0 Å². The van der Waals surface area contributed by atoms with Gasteiger partial charge in [-0.25, -0.2) is 0 Å². The molecule has 0 unspecified atom stereocenters. The predicted molar refractivity (Wildman–Crippen MR) is 78.6 cm³/mol. The van der Waals surface area contributed by atoms with E-state index in [1.807, 2.05) is 18.2 Å². The SMILES string of the molecule is CC(C)N=C1CCCCC1=C(N)c1ccccc1. The van der Waals surface area contributed by atoms with E-state index in [2.05, 4.69) is 26.0 Å². The molecule has 2 heteroatoms. The third-order valence-electron chi connectivity index (χ3n) is 3.26. The number of hydrogen-bond donors (Lipinski definition) is 1. The number of hydrogen-bond acceptors (Lipinski definition) is 2. The minimum atomic E-state index is 0.344. The van der Waals surface area contributed by atoms with Crippen LogP contribution in [0.1, 0.15) is 45.1 Å². The number of nitrogens with zero attached hydrogens (tertiary/aromatic N) is 1. The summed E-state index contributed by atoms with van der Waals surface area (Å²) in [5.41, 5.74) is 10.8. The molecule has 96 valence electrons.